The minimum absolute atomic E-state index is 0.257. The summed E-state index contributed by atoms with van der Waals surface area (Å²) < 4.78 is 5.96. The number of hydrogen-bond acceptors (Lipinski definition) is 7. The van der Waals surface area contributed by atoms with Gasteiger partial charge in [0.25, 0.3) is 0 Å². The van der Waals surface area contributed by atoms with Crippen molar-refractivity contribution in [2.45, 2.75) is 65.5 Å². The average molecular weight is 585 g/mol. The van der Waals surface area contributed by atoms with Crippen LogP contribution in [0.15, 0.2) is 78.9 Å². The van der Waals surface area contributed by atoms with E-state index in [0.717, 1.165) is 28.2 Å². The Morgan fingerprint density at radius 1 is 0.953 bits per heavy atom. The molecule has 0 spiro atoms. The maximum atomic E-state index is 13.5. The van der Waals surface area contributed by atoms with Crippen molar-refractivity contribution in [3.63, 3.8) is 0 Å². The second-order valence-corrected chi connectivity index (χ2v) is 11.2. The van der Waals surface area contributed by atoms with E-state index in [2.05, 4.69) is 21.5 Å². The summed E-state index contributed by atoms with van der Waals surface area (Å²) in [5.74, 6) is 4.01. The van der Waals surface area contributed by atoms with Crippen molar-refractivity contribution in [2.75, 3.05) is 0 Å². The van der Waals surface area contributed by atoms with Gasteiger partial charge in [0.15, 0.2) is 0 Å². The first-order chi connectivity index (χ1) is 20.5. The minimum atomic E-state index is -1.23. The number of nitrogens with zero attached hydrogens (tertiary/aromatic N) is 1. The van der Waals surface area contributed by atoms with Crippen molar-refractivity contribution >= 4 is 17.8 Å². The number of aryl methyl sites for hydroxylation is 2. The van der Waals surface area contributed by atoms with Gasteiger partial charge in [-0.05, 0) is 81.8 Å². The largest absolute Gasteiger partial charge is 0.457 e. The lowest BCUT2D eigenvalue weighted by atomic mass is 9.84. The quantitative estimate of drug-likeness (QED) is 0.214. The molecule has 0 bridgehead atoms. The third kappa shape index (κ3) is 9.69. The number of para-hydroxylation sites is 1. The van der Waals surface area contributed by atoms with Crippen molar-refractivity contribution in [1.82, 2.24) is 10.6 Å². The molecule has 3 aromatic rings. The van der Waals surface area contributed by atoms with E-state index in [1.165, 1.54) is 0 Å². The van der Waals surface area contributed by atoms with Crippen LogP contribution in [0.2, 0.25) is 0 Å². The van der Waals surface area contributed by atoms with E-state index in [1.807, 2.05) is 92.7 Å². The fourth-order valence-corrected chi connectivity index (χ4v) is 4.74. The number of hydrogen-bond donors (Lipinski definition) is 3. The van der Waals surface area contributed by atoms with Gasteiger partial charge >= 0.3 is 5.97 Å². The predicted molar refractivity (Wildman–Crippen MR) is 163 cm³/mol. The van der Waals surface area contributed by atoms with Gasteiger partial charge in [0.2, 0.25) is 11.8 Å². The summed E-state index contributed by atoms with van der Waals surface area (Å²) in [5.41, 5.74) is 1.68. The van der Waals surface area contributed by atoms with Crippen molar-refractivity contribution in [2.24, 2.45) is 17.2 Å². The Hall–Kier alpha value is -4.68. The Balaban J connectivity index is 1.68. The Labute approximate surface area is 253 Å². The lowest BCUT2D eigenvalue weighted by Gasteiger charge is -2.30. The van der Waals surface area contributed by atoms with E-state index in [1.54, 1.807) is 13.8 Å². The van der Waals surface area contributed by atoms with Crippen molar-refractivity contribution in [3.8, 4) is 17.6 Å². The third-order valence-electron chi connectivity index (χ3n) is 7.36. The molecule has 0 aliphatic heterocycles. The van der Waals surface area contributed by atoms with Gasteiger partial charge < -0.3 is 20.2 Å². The molecular weight excluding hydrogens is 544 g/mol. The number of rotatable bonds is 14. The Morgan fingerprint density at radius 2 is 1.60 bits per heavy atom. The number of ether oxygens (including phenoxy) is 1. The van der Waals surface area contributed by atoms with Gasteiger partial charge in [-0.15, -0.1) is 0 Å². The molecule has 0 unspecified atom stereocenters. The molecule has 0 fully saturated rings. The SMILES string of the molecule is Cc1cc(CCC[C@H](CC(=O)ON)C(=O)N[C@H](C(=O)N[C@H](C)c2ccccc2)C(C)(C)C#N)ccc1Oc1ccccc1. The lowest BCUT2D eigenvalue weighted by molar-refractivity contribution is -0.147. The summed E-state index contributed by atoms with van der Waals surface area (Å²) in [6.45, 7) is 6.96. The highest BCUT2D eigenvalue weighted by Crippen LogP contribution is 2.27. The van der Waals surface area contributed by atoms with Crippen LogP contribution in [0.25, 0.3) is 0 Å². The average Bonchev–Trinajstić information content (AvgIpc) is 3.01. The molecule has 0 radical (unpaired) electrons. The van der Waals surface area contributed by atoms with Crippen LogP contribution in [-0.2, 0) is 25.6 Å². The molecule has 3 aromatic carbocycles. The molecule has 0 heterocycles. The standard InChI is InChI=1S/C34H40N4O5/c1-23-20-25(18-19-29(23)42-28-16-9-6-10-17-28)12-11-15-27(21-30(39)43-36)32(40)38-31(34(3,4)22-35)33(41)37-24(2)26-13-7-5-8-14-26/h5-10,13-14,16-20,24,27,31H,11-12,15,21,36H2,1-4H3,(H,37,41)(H,38,40)/t24-,27-,31-/m1/s1. The molecule has 9 heteroatoms. The normalized spacial score (nSPS) is 13.1. The summed E-state index contributed by atoms with van der Waals surface area (Å²) in [4.78, 5) is 43.3. The highest BCUT2D eigenvalue weighted by Gasteiger charge is 2.39. The van der Waals surface area contributed by atoms with Crippen LogP contribution in [0.5, 0.6) is 11.5 Å². The van der Waals surface area contributed by atoms with Gasteiger partial charge in [0, 0.05) is 5.92 Å². The molecule has 2 amide bonds. The van der Waals surface area contributed by atoms with Gasteiger partial charge in [-0.1, -0.05) is 60.7 Å². The number of benzene rings is 3. The van der Waals surface area contributed by atoms with Crippen LogP contribution in [0.4, 0.5) is 0 Å². The number of carbonyl (C=O) groups is 3. The Kier molecular flexibility index (Phi) is 11.8. The first kappa shape index (κ1) is 32.8. The van der Waals surface area contributed by atoms with E-state index in [9.17, 15) is 19.6 Å². The van der Waals surface area contributed by atoms with Crippen LogP contribution in [0, 0.1) is 29.6 Å². The van der Waals surface area contributed by atoms with Crippen molar-refractivity contribution in [1.29, 1.82) is 5.26 Å². The summed E-state index contributed by atoms with van der Waals surface area (Å²) >= 11 is 0. The Bertz CT molecular complexity index is 1420. The van der Waals surface area contributed by atoms with Gasteiger partial charge in [-0.2, -0.15) is 11.2 Å². The fourth-order valence-electron chi connectivity index (χ4n) is 4.74. The van der Waals surface area contributed by atoms with Gasteiger partial charge in [0.1, 0.15) is 17.5 Å². The molecule has 0 aromatic heterocycles. The molecule has 3 rings (SSSR count). The van der Waals surface area contributed by atoms with Crippen LogP contribution >= 0.6 is 0 Å². The minimum Gasteiger partial charge on any atom is -0.457 e. The molecular formula is C34H40N4O5. The summed E-state index contributed by atoms with van der Waals surface area (Å²) in [5, 5.41) is 15.5. The predicted octanol–water partition coefficient (Wildman–Crippen LogP) is 5.45. The first-order valence-electron chi connectivity index (χ1n) is 14.3. The van der Waals surface area contributed by atoms with Crippen LogP contribution in [-0.4, -0.2) is 23.8 Å². The number of nitrogens with two attached hydrogens (primary N) is 1. The van der Waals surface area contributed by atoms with E-state index in [4.69, 9.17) is 10.6 Å². The van der Waals surface area contributed by atoms with E-state index in [-0.39, 0.29) is 12.5 Å². The summed E-state index contributed by atoms with van der Waals surface area (Å²) in [6, 6.07) is 25.4. The first-order valence-corrected chi connectivity index (χ1v) is 14.3. The topological polar surface area (TPSA) is 144 Å². The van der Waals surface area contributed by atoms with Gasteiger partial charge in [-0.3, -0.25) is 14.4 Å². The monoisotopic (exact) mass is 584 g/mol. The molecule has 3 atom stereocenters. The molecule has 9 nitrogen and oxygen atoms in total. The maximum absolute atomic E-state index is 13.5. The molecule has 0 saturated carbocycles. The third-order valence-corrected chi connectivity index (χ3v) is 7.36. The van der Waals surface area contributed by atoms with Crippen LogP contribution in [0.3, 0.4) is 0 Å². The lowest BCUT2D eigenvalue weighted by Crippen LogP contribution is -2.55. The van der Waals surface area contributed by atoms with E-state index in [0.29, 0.717) is 19.3 Å². The van der Waals surface area contributed by atoms with Crippen molar-refractivity contribution in [3.05, 3.63) is 95.6 Å². The zero-order valence-corrected chi connectivity index (χ0v) is 25.1. The summed E-state index contributed by atoms with van der Waals surface area (Å²) in [7, 11) is 0. The number of carbonyl (C=O) groups excluding carboxylic acids is 3. The molecule has 43 heavy (non-hydrogen) atoms. The smallest absolute Gasteiger partial charge is 0.325 e. The zero-order chi connectivity index (χ0) is 31.4. The highest BCUT2D eigenvalue weighted by molar-refractivity contribution is 5.91. The van der Waals surface area contributed by atoms with E-state index < -0.39 is 35.2 Å². The molecule has 0 aliphatic carbocycles. The van der Waals surface area contributed by atoms with Crippen molar-refractivity contribution < 1.29 is 24.0 Å². The summed E-state index contributed by atoms with van der Waals surface area (Å²) in [6.07, 6.45) is 1.31. The maximum Gasteiger partial charge on any atom is 0.325 e. The molecule has 4 N–H and O–H groups in total. The molecule has 226 valence electrons. The van der Waals surface area contributed by atoms with Gasteiger partial charge in [0.05, 0.1) is 23.9 Å². The number of nitrogens with one attached hydrogen (secondary N) is 2. The van der Waals surface area contributed by atoms with Crippen LogP contribution < -0.4 is 21.3 Å². The van der Waals surface area contributed by atoms with Gasteiger partial charge in [-0.25, -0.2) is 0 Å². The second-order valence-electron chi connectivity index (χ2n) is 11.2. The number of nitriles is 1. The van der Waals surface area contributed by atoms with E-state index >= 15 is 0 Å². The number of amides is 2. The molecule has 0 saturated heterocycles. The second kappa shape index (κ2) is 15.5. The Morgan fingerprint density at radius 3 is 2.21 bits per heavy atom. The molecule has 0 aliphatic rings. The van der Waals surface area contributed by atoms with Crippen LogP contribution in [0.1, 0.15) is 62.8 Å². The fraction of sp³-hybridized carbons (Fsp3) is 0.353. The highest BCUT2D eigenvalue weighted by atomic mass is 16.7. The zero-order valence-electron chi connectivity index (χ0n) is 25.1.